The molecule has 1 aromatic heterocycles. The number of benzene rings is 2. The molecule has 3 amide bonds. The molecule has 1 fully saturated rings. The standard InChI is InChI=1S/C25H27FN4O3/c26-20-6-7-22-21(14-20)19(15-28-22)8-11-27-24(32)18-9-12-30(13-10-18)23(31)16-29-25(33)17-4-2-1-3-5-17/h1-7,14-15,18,28H,8-13,16H2,(H,27,32)(H,29,33). The fourth-order valence-electron chi connectivity index (χ4n) is 4.17. The number of hydrogen-bond donors (Lipinski definition) is 3. The number of nitrogens with one attached hydrogen (secondary N) is 3. The number of amides is 3. The number of piperidine rings is 1. The summed E-state index contributed by atoms with van der Waals surface area (Å²) in [6.45, 7) is 1.38. The van der Waals surface area contributed by atoms with Gasteiger partial charge in [-0.2, -0.15) is 0 Å². The van der Waals surface area contributed by atoms with Gasteiger partial charge in [0.15, 0.2) is 0 Å². The Kier molecular flexibility index (Phi) is 7.02. The lowest BCUT2D eigenvalue weighted by Crippen LogP contribution is -2.46. The molecule has 0 radical (unpaired) electrons. The van der Waals surface area contributed by atoms with Crippen molar-refractivity contribution >= 4 is 28.6 Å². The van der Waals surface area contributed by atoms with Crippen molar-refractivity contribution in [3.05, 3.63) is 71.7 Å². The highest BCUT2D eigenvalue weighted by molar-refractivity contribution is 5.96. The number of halogens is 1. The highest BCUT2D eigenvalue weighted by atomic mass is 19.1. The molecule has 0 bridgehead atoms. The Morgan fingerprint density at radius 1 is 1.03 bits per heavy atom. The molecular formula is C25H27FN4O3. The van der Waals surface area contributed by atoms with Crippen LogP contribution >= 0.6 is 0 Å². The van der Waals surface area contributed by atoms with Crippen molar-refractivity contribution in [2.24, 2.45) is 5.92 Å². The minimum absolute atomic E-state index is 0.0227. The number of likely N-dealkylation sites (tertiary alicyclic amines) is 1. The zero-order valence-electron chi connectivity index (χ0n) is 18.3. The molecule has 33 heavy (non-hydrogen) atoms. The number of aromatic amines is 1. The Balaban J connectivity index is 1.18. The van der Waals surface area contributed by atoms with Gasteiger partial charge in [0.1, 0.15) is 5.82 Å². The third-order valence-electron chi connectivity index (χ3n) is 6.08. The first-order valence-corrected chi connectivity index (χ1v) is 11.2. The summed E-state index contributed by atoms with van der Waals surface area (Å²) in [5.41, 5.74) is 2.34. The minimum atomic E-state index is -0.284. The van der Waals surface area contributed by atoms with Crippen molar-refractivity contribution in [2.45, 2.75) is 19.3 Å². The van der Waals surface area contributed by atoms with Crippen LogP contribution < -0.4 is 10.6 Å². The fourth-order valence-corrected chi connectivity index (χ4v) is 4.17. The summed E-state index contributed by atoms with van der Waals surface area (Å²) >= 11 is 0. The van der Waals surface area contributed by atoms with Gasteiger partial charge in [-0.05, 0) is 55.2 Å². The Hall–Kier alpha value is -3.68. The summed E-state index contributed by atoms with van der Waals surface area (Å²) < 4.78 is 13.5. The summed E-state index contributed by atoms with van der Waals surface area (Å²) in [4.78, 5) is 41.9. The van der Waals surface area contributed by atoms with Gasteiger partial charge in [0, 0.05) is 48.2 Å². The lowest BCUT2D eigenvalue weighted by Gasteiger charge is -2.31. The van der Waals surface area contributed by atoms with Crippen LogP contribution in [0, 0.1) is 11.7 Å². The highest BCUT2D eigenvalue weighted by Gasteiger charge is 2.27. The zero-order chi connectivity index (χ0) is 23.2. The second-order valence-corrected chi connectivity index (χ2v) is 8.25. The van der Waals surface area contributed by atoms with Gasteiger partial charge < -0.3 is 20.5 Å². The molecule has 0 saturated carbocycles. The van der Waals surface area contributed by atoms with Crippen LogP contribution in [0.1, 0.15) is 28.8 Å². The van der Waals surface area contributed by atoms with Gasteiger partial charge in [-0.25, -0.2) is 4.39 Å². The van der Waals surface area contributed by atoms with E-state index in [1.165, 1.54) is 12.1 Å². The number of H-pyrrole nitrogens is 1. The van der Waals surface area contributed by atoms with Gasteiger partial charge in [0.25, 0.3) is 5.91 Å². The number of aromatic nitrogens is 1. The summed E-state index contributed by atoms with van der Waals surface area (Å²) in [7, 11) is 0. The number of hydrogen-bond acceptors (Lipinski definition) is 3. The average molecular weight is 451 g/mol. The summed E-state index contributed by atoms with van der Waals surface area (Å²) in [5.74, 6) is -0.881. The van der Waals surface area contributed by atoms with Crippen LogP contribution in [-0.2, 0) is 16.0 Å². The Morgan fingerprint density at radius 2 is 1.79 bits per heavy atom. The molecule has 0 aliphatic carbocycles. The first-order chi connectivity index (χ1) is 16.0. The predicted octanol–water partition coefficient (Wildman–Crippen LogP) is 2.63. The van der Waals surface area contributed by atoms with E-state index in [0.29, 0.717) is 44.5 Å². The van der Waals surface area contributed by atoms with Gasteiger partial charge in [0.2, 0.25) is 11.8 Å². The van der Waals surface area contributed by atoms with Crippen LogP contribution in [0.5, 0.6) is 0 Å². The molecule has 4 rings (SSSR count). The smallest absolute Gasteiger partial charge is 0.251 e. The van der Waals surface area contributed by atoms with E-state index in [9.17, 15) is 18.8 Å². The number of carbonyl (C=O) groups is 3. The molecule has 0 atom stereocenters. The molecule has 7 nitrogen and oxygen atoms in total. The molecule has 0 spiro atoms. The number of rotatable bonds is 7. The third-order valence-corrected chi connectivity index (χ3v) is 6.08. The quantitative estimate of drug-likeness (QED) is 0.517. The van der Waals surface area contributed by atoms with E-state index in [-0.39, 0.29) is 36.0 Å². The van der Waals surface area contributed by atoms with E-state index >= 15 is 0 Å². The maximum atomic E-state index is 13.5. The van der Waals surface area contributed by atoms with Crippen molar-refractivity contribution in [3.63, 3.8) is 0 Å². The van der Waals surface area contributed by atoms with E-state index in [1.807, 2.05) is 12.3 Å². The van der Waals surface area contributed by atoms with E-state index in [0.717, 1.165) is 16.5 Å². The Bertz CT molecular complexity index is 1140. The molecule has 172 valence electrons. The SMILES string of the molecule is O=C(NCC(=O)N1CCC(C(=O)NCCc2c[nH]c3ccc(F)cc23)CC1)c1ccccc1. The molecule has 2 aromatic carbocycles. The first-order valence-electron chi connectivity index (χ1n) is 11.2. The summed E-state index contributed by atoms with van der Waals surface area (Å²) in [6, 6.07) is 13.4. The van der Waals surface area contributed by atoms with Gasteiger partial charge >= 0.3 is 0 Å². The normalized spacial score (nSPS) is 14.3. The maximum Gasteiger partial charge on any atom is 0.251 e. The monoisotopic (exact) mass is 450 g/mol. The molecule has 1 saturated heterocycles. The number of carbonyl (C=O) groups excluding carboxylic acids is 3. The first kappa shape index (κ1) is 22.5. The Morgan fingerprint density at radius 3 is 2.55 bits per heavy atom. The van der Waals surface area contributed by atoms with Crippen LogP contribution in [0.15, 0.2) is 54.7 Å². The lowest BCUT2D eigenvalue weighted by molar-refractivity contribution is -0.134. The second kappa shape index (κ2) is 10.3. The second-order valence-electron chi connectivity index (χ2n) is 8.25. The maximum absolute atomic E-state index is 13.5. The largest absolute Gasteiger partial charge is 0.361 e. The predicted molar refractivity (Wildman–Crippen MR) is 123 cm³/mol. The summed E-state index contributed by atoms with van der Waals surface area (Å²) in [6.07, 6.45) is 3.62. The summed E-state index contributed by atoms with van der Waals surface area (Å²) in [5, 5.41) is 6.45. The highest BCUT2D eigenvalue weighted by Crippen LogP contribution is 2.20. The zero-order valence-corrected chi connectivity index (χ0v) is 18.3. The molecule has 1 aliphatic heterocycles. The number of fused-ring (bicyclic) bond motifs is 1. The van der Waals surface area contributed by atoms with E-state index in [4.69, 9.17) is 0 Å². The van der Waals surface area contributed by atoms with Crippen molar-refractivity contribution in [2.75, 3.05) is 26.2 Å². The van der Waals surface area contributed by atoms with Crippen molar-refractivity contribution in [1.29, 1.82) is 0 Å². The Labute approximate surface area is 191 Å². The van der Waals surface area contributed by atoms with Gasteiger partial charge in [0.05, 0.1) is 6.54 Å². The fraction of sp³-hybridized carbons (Fsp3) is 0.320. The van der Waals surface area contributed by atoms with Gasteiger partial charge in [-0.3, -0.25) is 14.4 Å². The molecule has 2 heterocycles. The van der Waals surface area contributed by atoms with Crippen LogP contribution in [-0.4, -0.2) is 53.8 Å². The van der Waals surface area contributed by atoms with Gasteiger partial charge in [-0.15, -0.1) is 0 Å². The van der Waals surface area contributed by atoms with Gasteiger partial charge in [-0.1, -0.05) is 18.2 Å². The molecule has 8 heteroatoms. The minimum Gasteiger partial charge on any atom is -0.361 e. The average Bonchev–Trinajstić information content (AvgIpc) is 3.24. The van der Waals surface area contributed by atoms with E-state index in [2.05, 4.69) is 15.6 Å². The van der Waals surface area contributed by atoms with Crippen molar-refractivity contribution in [1.82, 2.24) is 20.5 Å². The van der Waals surface area contributed by atoms with Crippen LogP contribution in [0.25, 0.3) is 10.9 Å². The third kappa shape index (κ3) is 5.58. The van der Waals surface area contributed by atoms with Crippen LogP contribution in [0.4, 0.5) is 4.39 Å². The molecule has 3 N–H and O–H groups in total. The van der Waals surface area contributed by atoms with Crippen LogP contribution in [0.3, 0.4) is 0 Å². The van der Waals surface area contributed by atoms with E-state index in [1.54, 1.807) is 35.2 Å². The molecule has 0 unspecified atom stereocenters. The van der Waals surface area contributed by atoms with E-state index < -0.39 is 0 Å². The van der Waals surface area contributed by atoms with Crippen molar-refractivity contribution in [3.8, 4) is 0 Å². The molecular weight excluding hydrogens is 423 g/mol. The molecule has 1 aliphatic rings. The molecule has 3 aromatic rings. The number of nitrogens with zero attached hydrogens (tertiary/aromatic N) is 1. The topological polar surface area (TPSA) is 94.3 Å². The lowest BCUT2D eigenvalue weighted by atomic mass is 9.95. The van der Waals surface area contributed by atoms with Crippen LogP contribution in [0.2, 0.25) is 0 Å². The van der Waals surface area contributed by atoms with Crippen molar-refractivity contribution < 1.29 is 18.8 Å².